The van der Waals surface area contributed by atoms with E-state index in [4.69, 9.17) is 4.42 Å². The van der Waals surface area contributed by atoms with Crippen molar-refractivity contribution in [1.29, 1.82) is 0 Å². The third-order valence-electron chi connectivity index (χ3n) is 12.5. The second-order valence-corrected chi connectivity index (χ2v) is 17.1. The highest BCUT2D eigenvalue weighted by Gasteiger charge is 2.36. The van der Waals surface area contributed by atoms with Crippen molar-refractivity contribution < 1.29 is 4.42 Å². The topological polar surface area (TPSA) is 16.4 Å². The van der Waals surface area contributed by atoms with Crippen LogP contribution in [0.25, 0.3) is 86.3 Å². The number of anilines is 3. The molecule has 11 aromatic rings. The lowest BCUT2D eigenvalue weighted by molar-refractivity contribution is 0.660. The van der Waals surface area contributed by atoms with Crippen molar-refractivity contribution >= 4 is 81.3 Å². The Morgan fingerprint density at radius 3 is 1.97 bits per heavy atom. The highest BCUT2D eigenvalue weighted by Crippen LogP contribution is 2.52. The Bertz CT molecular complexity index is 3420. The molecule has 3 heteroatoms. The number of benzene rings is 9. The van der Waals surface area contributed by atoms with Crippen molar-refractivity contribution in [1.82, 2.24) is 0 Å². The lowest BCUT2D eigenvalue weighted by Gasteiger charge is -2.29. The highest BCUT2D eigenvalue weighted by molar-refractivity contribution is 7.26. The Hall–Kier alpha value is -6.94. The van der Waals surface area contributed by atoms with Gasteiger partial charge in [-0.05, 0) is 92.9 Å². The molecule has 2 aromatic heterocycles. The number of rotatable bonds is 5. The molecular formula is C55H37NOS. The summed E-state index contributed by atoms with van der Waals surface area (Å²) in [5.74, 6) is 0. The van der Waals surface area contributed by atoms with E-state index in [2.05, 4.69) is 207 Å². The van der Waals surface area contributed by atoms with Gasteiger partial charge in [0.2, 0.25) is 0 Å². The maximum atomic E-state index is 6.96. The molecular weight excluding hydrogens is 723 g/mol. The summed E-state index contributed by atoms with van der Waals surface area (Å²) < 4.78 is 9.57. The minimum atomic E-state index is -0.138. The first-order chi connectivity index (χ1) is 28.5. The fourth-order valence-electron chi connectivity index (χ4n) is 9.69. The number of nitrogens with zero attached hydrogens (tertiary/aromatic N) is 1. The summed E-state index contributed by atoms with van der Waals surface area (Å²) in [5, 5.41) is 7.12. The van der Waals surface area contributed by atoms with E-state index in [0.717, 1.165) is 44.4 Å². The summed E-state index contributed by atoms with van der Waals surface area (Å²) in [7, 11) is 0. The van der Waals surface area contributed by atoms with Crippen molar-refractivity contribution in [3.63, 3.8) is 0 Å². The van der Waals surface area contributed by atoms with Gasteiger partial charge < -0.3 is 9.32 Å². The molecule has 0 spiro atoms. The second kappa shape index (κ2) is 12.5. The van der Waals surface area contributed by atoms with E-state index >= 15 is 0 Å². The van der Waals surface area contributed by atoms with E-state index < -0.39 is 0 Å². The van der Waals surface area contributed by atoms with E-state index in [1.54, 1.807) is 0 Å². The van der Waals surface area contributed by atoms with Crippen LogP contribution in [0.5, 0.6) is 0 Å². The Balaban J connectivity index is 1.13. The molecule has 0 amide bonds. The molecule has 0 atom stereocenters. The predicted octanol–water partition coefficient (Wildman–Crippen LogP) is 16.2. The minimum Gasteiger partial charge on any atom is -0.455 e. The van der Waals surface area contributed by atoms with Gasteiger partial charge in [-0.3, -0.25) is 0 Å². The molecule has 0 radical (unpaired) electrons. The zero-order valence-electron chi connectivity index (χ0n) is 32.2. The summed E-state index contributed by atoms with van der Waals surface area (Å²) in [6.45, 7) is 4.71. The molecule has 2 nitrogen and oxygen atoms in total. The first-order valence-corrected chi connectivity index (χ1v) is 20.8. The van der Waals surface area contributed by atoms with Crippen LogP contribution in [0.15, 0.2) is 192 Å². The van der Waals surface area contributed by atoms with Gasteiger partial charge in [0.1, 0.15) is 11.2 Å². The first-order valence-electron chi connectivity index (χ1n) is 20.0. The Labute approximate surface area is 340 Å². The smallest absolute Gasteiger partial charge is 0.143 e. The third-order valence-corrected chi connectivity index (χ3v) is 13.7. The first kappa shape index (κ1) is 33.2. The number of hydrogen-bond donors (Lipinski definition) is 0. The Kier molecular flexibility index (Phi) is 7.18. The second-order valence-electron chi connectivity index (χ2n) is 16.0. The highest BCUT2D eigenvalue weighted by atomic mass is 32.1. The molecule has 274 valence electrons. The van der Waals surface area contributed by atoms with Crippen LogP contribution in [0.2, 0.25) is 0 Å². The summed E-state index contributed by atoms with van der Waals surface area (Å²) in [6.07, 6.45) is 0. The fourth-order valence-corrected chi connectivity index (χ4v) is 10.9. The van der Waals surface area contributed by atoms with Gasteiger partial charge in [0, 0.05) is 53.3 Å². The standard InChI is InChI=1S/C55H37NOS/c1-55(2)47-22-10-8-17-39(47)40-31-30-37(32-48(40)55)56(36-28-26-35(27-29-36)34-14-4-3-5-15-34)49-23-13-24-50-52(49)46-33-45(38-16-6-7-19-42(38)53(46)57-50)44-21-12-20-43-41-18-9-11-25-51(41)58-54(43)44/h3-33H,1-2H3. The molecule has 0 N–H and O–H groups in total. The summed E-state index contributed by atoms with van der Waals surface area (Å²) in [6, 6.07) is 68.7. The van der Waals surface area contributed by atoms with Crippen LogP contribution >= 0.6 is 11.3 Å². The van der Waals surface area contributed by atoms with Crippen molar-refractivity contribution in [2.24, 2.45) is 0 Å². The zero-order chi connectivity index (χ0) is 38.5. The average Bonchev–Trinajstić information content (AvgIpc) is 3.92. The maximum Gasteiger partial charge on any atom is 0.143 e. The van der Waals surface area contributed by atoms with Gasteiger partial charge in [-0.25, -0.2) is 0 Å². The normalized spacial score (nSPS) is 13.1. The molecule has 0 fully saturated rings. The van der Waals surface area contributed by atoms with E-state index in [1.807, 2.05) is 11.3 Å². The van der Waals surface area contributed by atoms with E-state index in [-0.39, 0.29) is 5.41 Å². The van der Waals surface area contributed by atoms with Crippen LogP contribution in [-0.2, 0) is 5.41 Å². The van der Waals surface area contributed by atoms with Gasteiger partial charge in [-0.1, -0.05) is 153 Å². The number of thiophene rings is 1. The van der Waals surface area contributed by atoms with Gasteiger partial charge in [-0.2, -0.15) is 0 Å². The molecule has 1 aliphatic carbocycles. The summed E-state index contributed by atoms with van der Waals surface area (Å²) >= 11 is 1.88. The van der Waals surface area contributed by atoms with Crippen LogP contribution in [-0.4, -0.2) is 0 Å². The monoisotopic (exact) mass is 759 g/mol. The maximum absolute atomic E-state index is 6.96. The molecule has 1 aliphatic rings. The minimum absolute atomic E-state index is 0.138. The number of hydrogen-bond acceptors (Lipinski definition) is 3. The molecule has 58 heavy (non-hydrogen) atoms. The summed E-state index contributed by atoms with van der Waals surface area (Å²) in [5.41, 5.74) is 15.1. The molecule has 9 aromatic carbocycles. The van der Waals surface area contributed by atoms with Crippen molar-refractivity contribution in [3.8, 4) is 33.4 Å². The molecule has 2 heterocycles. The Morgan fingerprint density at radius 2 is 1.10 bits per heavy atom. The van der Waals surface area contributed by atoms with Crippen molar-refractivity contribution in [3.05, 3.63) is 199 Å². The van der Waals surface area contributed by atoms with Crippen LogP contribution < -0.4 is 4.90 Å². The SMILES string of the molecule is CC1(C)c2ccccc2-c2ccc(N(c3ccc(-c4ccccc4)cc3)c3cccc4oc5c6ccccc6c(-c6cccc7c6sc6ccccc67)cc5c34)cc21. The quantitative estimate of drug-likeness (QED) is 0.174. The van der Waals surface area contributed by atoms with Crippen LogP contribution in [0.1, 0.15) is 25.0 Å². The van der Waals surface area contributed by atoms with Crippen LogP contribution in [0.3, 0.4) is 0 Å². The molecule has 0 unspecified atom stereocenters. The van der Waals surface area contributed by atoms with Gasteiger partial charge in [0.25, 0.3) is 0 Å². The van der Waals surface area contributed by atoms with Gasteiger partial charge in [0.05, 0.1) is 11.1 Å². The fraction of sp³-hybridized carbons (Fsp3) is 0.0545. The van der Waals surface area contributed by atoms with E-state index in [9.17, 15) is 0 Å². The molecule has 0 aliphatic heterocycles. The van der Waals surface area contributed by atoms with E-state index in [1.165, 1.54) is 70.1 Å². The Morgan fingerprint density at radius 1 is 0.448 bits per heavy atom. The van der Waals surface area contributed by atoms with Crippen LogP contribution in [0.4, 0.5) is 17.1 Å². The van der Waals surface area contributed by atoms with Crippen LogP contribution in [0, 0.1) is 0 Å². The van der Waals surface area contributed by atoms with E-state index in [0.29, 0.717) is 0 Å². The van der Waals surface area contributed by atoms with Crippen molar-refractivity contribution in [2.75, 3.05) is 4.90 Å². The third kappa shape index (κ3) is 4.84. The zero-order valence-corrected chi connectivity index (χ0v) is 33.0. The average molecular weight is 760 g/mol. The van der Waals surface area contributed by atoms with Gasteiger partial charge in [-0.15, -0.1) is 11.3 Å². The predicted molar refractivity (Wildman–Crippen MR) is 247 cm³/mol. The van der Waals surface area contributed by atoms with Crippen molar-refractivity contribution in [2.45, 2.75) is 19.3 Å². The van der Waals surface area contributed by atoms with Gasteiger partial charge >= 0.3 is 0 Å². The largest absolute Gasteiger partial charge is 0.455 e. The molecule has 0 saturated carbocycles. The number of furan rings is 1. The number of fused-ring (bicyclic) bond motifs is 11. The lowest BCUT2D eigenvalue weighted by atomic mass is 9.82. The molecule has 0 saturated heterocycles. The molecule has 0 bridgehead atoms. The molecule has 12 rings (SSSR count). The lowest BCUT2D eigenvalue weighted by Crippen LogP contribution is -2.16. The summed E-state index contributed by atoms with van der Waals surface area (Å²) in [4.78, 5) is 2.44. The van der Waals surface area contributed by atoms with Gasteiger partial charge in [0.15, 0.2) is 0 Å².